The molecule has 0 bridgehead atoms. The molecular formula is C21H22BrClN4O5. The summed E-state index contributed by atoms with van der Waals surface area (Å²) in [6.07, 6.45) is 1.34. The van der Waals surface area contributed by atoms with E-state index in [-0.39, 0.29) is 12.5 Å². The second-order valence-corrected chi connectivity index (χ2v) is 7.68. The Morgan fingerprint density at radius 3 is 2.62 bits per heavy atom. The molecule has 170 valence electrons. The van der Waals surface area contributed by atoms with Gasteiger partial charge in [-0.1, -0.05) is 17.7 Å². The van der Waals surface area contributed by atoms with Crippen LogP contribution in [0.5, 0.6) is 11.5 Å². The van der Waals surface area contributed by atoms with E-state index in [9.17, 15) is 14.4 Å². The van der Waals surface area contributed by atoms with Crippen LogP contribution in [0.4, 0.5) is 5.69 Å². The minimum Gasteiger partial charge on any atom is -0.493 e. The molecule has 2 aromatic rings. The van der Waals surface area contributed by atoms with Gasteiger partial charge in [0, 0.05) is 17.3 Å². The second-order valence-electron chi connectivity index (χ2n) is 6.39. The number of halogens is 2. The average Bonchev–Trinajstić information content (AvgIpc) is 2.75. The molecule has 0 aliphatic carbocycles. The van der Waals surface area contributed by atoms with Crippen LogP contribution < -0.4 is 25.5 Å². The molecule has 0 atom stereocenters. The Morgan fingerprint density at radius 2 is 1.94 bits per heavy atom. The highest BCUT2D eigenvalue weighted by atomic mass is 79.9. The third-order valence-corrected chi connectivity index (χ3v) is 4.82. The molecule has 0 fully saturated rings. The number of nitrogens with one attached hydrogen (secondary N) is 3. The Morgan fingerprint density at radius 1 is 1.19 bits per heavy atom. The predicted octanol–water partition coefficient (Wildman–Crippen LogP) is 3.02. The lowest BCUT2D eigenvalue weighted by atomic mass is 10.2. The van der Waals surface area contributed by atoms with E-state index in [1.807, 2.05) is 6.92 Å². The van der Waals surface area contributed by atoms with Gasteiger partial charge in [-0.25, -0.2) is 5.43 Å². The largest absolute Gasteiger partial charge is 0.493 e. The highest BCUT2D eigenvalue weighted by Crippen LogP contribution is 2.36. The van der Waals surface area contributed by atoms with Gasteiger partial charge in [0.15, 0.2) is 18.1 Å². The van der Waals surface area contributed by atoms with Crippen LogP contribution in [0.25, 0.3) is 0 Å². The Kier molecular flexibility index (Phi) is 9.48. The number of carbonyl (C=O) groups excluding carboxylic acids is 3. The number of aryl methyl sites for hydroxylation is 1. The van der Waals surface area contributed by atoms with Gasteiger partial charge in [-0.3, -0.25) is 14.4 Å². The number of hydrogen-bond donors (Lipinski definition) is 3. The molecule has 2 rings (SSSR count). The quantitative estimate of drug-likeness (QED) is 0.278. The zero-order valence-electron chi connectivity index (χ0n) is 17.6. The highest BCUT2D eigenvalue weighted by molar-refractivity contribution is 9.10. The standard InChI is InChI=1S/C21H22BrClN4O5/c1-4-24-20(29)21(30)27-25-10-13-7-15(22)19(17(8-13)31-3)32-11-18(28)26-16-9-14(23)6-5-12(16)2/h5-10H,4,11H2,1-3H3,(H,24,29)(H,26,28)(H,27,30)/b25-10-. The van der Waals surface area contributed by atoms with Crippen LogP contribution >= 0.6 is 27.5 Å². The predicted molar refractivity (Wildman–Crippen MR) is 125 cm³/mol. The van der Waals surface area contributed by atoms with Crippen molar-refractivity contribution in [2.45, 2.75) is 13.8 Å². The molecule has 9 nitrogen and oxygen atoms in total. The molecular weight excluding hydrogens is 504 g/mol. The van der Waals surface area contributed by atoms with E-state index in [2.05, 4.69) is 37.1 Å². The van der Waals surface area contributed by atoms with Gasteiger partial charge >= 0.3 is 11.8 Å². The van der Waals surface area contributed by atoms with E-state index >= 15 is 0 Å². The minimum absolute atomic E-state index is 0.267. The summed E-state index contributed by atoms with van der Waals surface area (Å²) in [5, 5.41) is 9.37. The van der Waals surface area contributed by atoms with Gasteiger partial charge in [-0.2, -0.15) is 5.10 Å². The number of hydrogen-bond acceptors (Lipinski definition) is 6. The van der Waals surface area contributed by atoms with Gasteiger partial charge in [-0.05, 0) is 65.2 Å². The van der Waals surface area contributed by atoms with Gasteiger partial charge in [0.1, 0.15) is 0 Å². The van der Waals surface area contributed by atoms with Crippen molar-refractivity contribution >= 4 is 57.2 Å². The van der Waals surface area contributed by atoms with E-state index in [1.54, 1.807) is 37.3 Å². The van der Waals surface area contributed by atoms with Gasteiger partial charge in [0.25, 0.3) is 5.91 Å². The summed E-state index contributed by atoms with van der Waals surface area (Å²) in [5.41, 5.74) is 4.14. The maximum absolute atomic E-state index is 12.3. The summed E-state index contributed by atoms with van der Waals surface area (Å²) in [6, 6.07) is 8.45. The van der Waals surface area contributed by atoms with Crippen LogP contribution in [0.3, 0.4) is 0 Å². The number of nitrogens with zero attached hydrogens (tertiary/aromatic N) is 1. The lowest BCUT2D eigenvalue weighted by molar-refractivity contribution is -0.139. The summed E-state index contributed by atoms with van der Waals surface area (Å²) in [6.45, 7) is 3.62. The van der Waals surface area contributed by atoms with E-state index in [0.29, 0.717) is 38.8 Å². The van der Waals surface area contributed by atoms with Gasteiger partial charge < -0.3 is 20.1 Å². The van der Waals surface area contributed by atoms with Gasteiger partial charge in [0.2, 0.25) is 0 Å². The molecule has 0 spiro atoms. The van der Waals surface area contributed by atoms with Crippen molar-refractivity contribution in [1.82, 2.24) is 10.7 Å². The Bertz CT molecular complexity index is 1050. The molecule has 0 saturated heterocycles. The molecule has 0 aliphatic heterocycles. The van der Waals surface area contributed by atoms with E-state index in [0.717, 1.165) is 5.56 Å². The van der Waals surface area contributed by atoms with Crippen LogP contribution in [0.2, 0.25) is 5.02 Å². The lowest BCUT2D eigenvalue weighted by Gasteiger charge is -2.14. The number of likely N-dealkylation sites (N-methyl/N-ethyl adjacent to an activating group) is 1. The number of amides is 3. The molecule has 0 unspecified atom stereocenters. The fourth-order valence-electron chi connectivity index (χ4n) is 2.46. The SMILES string of the molecule is CCNC(=O)C(=O)N/N=C\c1cc(Br)c(OCC(=O)Nc2cc(Cl)ccc2C)c(OC)c1. The first-order chi connectivity index (χ1) is 15.2. The zero-order chi connectivity index (χ0) is 23.7. The number of hydrazone groups is 1. The number of methoxy groups -OCH3 is 1. The van der Waals surface area contributed by atoms with Gasteiger partial charge in [0.05, 0.1) is 17.8 Å². The lowest BCUT2D eigenvalue weighted by Crippen LogP contribution is -2.37. The summed E-state index contributed by atoms with van der Waals surface area (Å²) >= 11 is 9.35. The first-order valence-corrected chi connectivity index (χ1v) is 10.6. The summed E-state index contributed by atoms with van der Waals surface area (Å²) in [4.78, 5) is 35.2. The monoisotopic (exact) mass is 524 g/mol. The Labute approximate surface area is 198 Å². The van der Waals surface area contributed by atoms with Crippen LogP contribution in [-0.4, -0.2) is 44.2 Å². The van der Waals surface area contributed by atoms with Crippen LogP contribution in [0.1, 0.15) is 18.1 Å². The number of ether oxygens (including phenoxy) is 2. The van der Waals surface area contributed by atoms with Crippen molar-refractivity contribution in [2.75, 3.05) is 25.6 Å². The fraction of sp³-hybridized carbons (Fsp3) is 0.238. The molecule has 0 aliphatic rings. The third kappa shape index (κ3) is 7.24. The summed E-state index contributed by atoms with van der Waals surface area (Å²) in [7, 11) is 1.45. The van der Waals surface area contributed by atoms with E-state index in [4.69, 9.17) is 21.1 Å². The number of anilines is 1. The normalized spacial score (nSPS) is 10.5. The Hall–Kier alpha value is -3.11. The summed E-state index contributed by atoms with van der Waals surface area (Å²) in [5.74, 6) is -1.38. The van der Waals surface area contributed by atoms with Crippen molar-refractivity contribution in [3.8, 4) is 11.5 Å². The summed E-state index contributed by atoms with van der Waals surface area (Å²) < 4.78 is 11.5. The van der Waals surface area contributed by atoms with Crippen molar-refractivity contribution in [3.05, 3.63) is 51.0 Å². The van der Waals surface area contributed by atoms with Crippen molar-refractivity contribution in [2.24, 2.45) is 5.10 Å². The third-order valence-electron chi connectivity index (χ3n) is 4.00. The number of carbonyl (C=O) groups is 3. The smallest absolute Gasteiger partial charge is 0.329 e. The second kappa shape index (κ2) is 12.1. The molecule has 0 aromatic heterocycles. The van der Waals surface area contributed by atoms with Gasteiger partial charge in [-0.15, -0.1) is 0 Å². The van der Waals surface area contributed by atoms with Crippen molar-refractivity contribution < 1.29 is 23.9 Å². The first kappa shape index (κ1) is 25.2. The molecule has 0 heterocycles. The Balaban J connectivity index is 2.04. The van der Waals surface area contributed by atoms with Crippen LogP contribution in [-0.2, 0) is 14.4 Å². The number of rotatable bonds is 8. The van der Waals surface area contributed by atoms with E-state index < -0.39 is 11.8 Å². The average molecular weight is 526 g/mol. The fourth-order valence-corrected chi connectivity index (χ4v) is 3.21. The molecule has 3 N–H and O–H groups in total. The topological polar surface area (TPSA) is 118 Å². The molecule has 32 heavy (non-hydrogen) atoms. The molecule has 3 amide bonds. The first-order valence-electron chi connectivity index (χ1n) is 9.42. The molecule has 2 aromatic carbocycles. The maximum atomic E-state index is 12.3. The number of benzene rings is 2. The van der Waals surface area contributed by atoms with Crippen LogP contribution in [0, 0.1) is 6.92 Å². The highest BCUT2D eigenvalue weighted by Gasteiger charge is 2.14. The van der Waals surface area contributed by atoms with Crippen LogP contribution in [0.15, 0.2) is 39.9 Å². The molecule has 11 heteroatoms. The maximum Gasteiger partial charge on any atom is 0.329 e. The molecule has 0 radical (unpaired) electrons. The van der Waals surface area contributed by atoms with Crippen molar-refractivity contribution in [1.29, 1.82) is 0 Å². The minimum atomic E-state index is -0.880. The van der Waals surface area contributed by atoms with Crippen molar-refractivity contribution in [3.63, 3.8) is 0 Å². The zero-order valence-corrected chi connectivity index (χ0v) is 20.0. The van der Waals surface area contributed by atoms with E-state index in [1.165, 1.54) is 13.3 Å². The molecule has 0 saturated carbocycles.